The van der Waals surface area contributed by atoms with Gasteiger partial charge in [0, 0.05) is 24.4 Å². The van der Waals surface area contributed by atoms with Crippen molar-refractivity contribution in [3.05, 3.63) is 47.0 Å². The van der Waals surface area contributed by atoms with Crippen molar-refractivity contribution in [2.24, 2.45) is 11.5 Å². The highest BCUT2D eigenvalue weighted by molar-refractivity contribution is 5.95. The first-order chi connectivity index (χ1) is 11.9. The predicted molar refractivity (Wildman–Crippen MR) is 97.3 cm³/mol. The lowest BCUT2D eigenvalue weighted by atomic mass is 10.0. The number of phenols is 1. The Kier molecular flexibility index (Phi) is 6.24. The van der Waals surface area contributed by atoms with Crippen molar-refractivity contribution < 1.29 is 9.50 Å². The van der Waals surface area contributed by atoms with E-state index in [1.807, 2.05) is 0 Å². The van der Waals surface area contributed by atoms with Crippen LogP contribution in [0.4, 0.5) is 4.39 Å². The molecular weight excluding hydrogens is 323 g/mol. The minimum atomic E-state index is -0.713. The molecule has 0 amide bonds. The summed E-state index contributed by atoms with van der Waals surface area (Å²) in [5.74, 6) is -1.42. The molecule has 0 aromatic heterocycles. The van der Waals surface area contributed by atoms with Crippen LogP contribution in [-0.4, -0.2) is 37.1 Å². The number of phenolic OH excluding ortho intramolecular Hbond substituents is 1. The summed E-state index contributed by atoms with van der Waals surface area (Å²) in [4.78, 5) is 0. The van der Waals surface area contributed by atoms with Crippen molar-refractivity contribution in [2.75, 3.05) is 20.1 Å². The summed E-state index contributed by atoms with van der Waals surface area (Å²) < 4.78 is 13.7. The summed E-state index contributed by atoms with van der Waals surface area (Å²) in [6, 6.07) is 4.46. The maximum atomic E-state index is 13.7. The second-order valence-electron chi connectivity index (χ2n) is 5.85. The zero-order chi connectivity index (χ0) is 18.4. The van der Waals surface area contributed by atoms with Crippen LogP contribution in [0.2, 0.25) is 0 Å². The summed E-state index contributed by atoms with van der Waals surface area (Å²) in [6.45, 7) is 1.77. The van der Waals surface area contributed by atoms with Crippen molar-refractivity contribution in [3.63, 3.8) is 0 Å². The van der Waals surface area contributed by atoms with Crippen LogP contribution in [0.25, 0.3) is 5.70 Å². The number of hydrogen-bond acceptors (Lipinski definition) is 6. The largest absolute Gasteiger partial charge is 0.504 e. The van der Waals surface area contributed by atoms with E-state index < -0.39 is 11.6 Å². The standard InChI is InChI=1S/C17H25FN6O/c1-22-13(11-3-2-4-12(18)16(11)25)9-14(15(19)17(20)21)24-10-5-7-23-8-6-10/h2-4,9-10,22-25H,5-8,19H2,1H3,(H3,20,21)/b13-9-,15-14+. The van der Waals surface area contributed by atoms with Crippen LogP contribution >= 0.6 is 0 Å². The first kappa shape index (κ1) is 18.6. The molecule has 25 heavy (non-hydrogen) atoms. The fourth-order valence-electron chi connectivity index (χ4n) is 2.69. The number of piperidine rings is 1. The smallest absolute Gasteiger partial charge is 0.165 e. The molecule has 1 fully saturated rings. The van der Waals surface area contributed by atoms with Crippen molar-refractivity contribution in [3.8, 4) is 5.75 Å². The SMILES string of the molecule is CN/C(=C\C(NC1CCNCC1)=C(/N)C(=N)N)c1cccc(F)c1O. The zero-order valence-electron chi connectivity index (χ0n) is 14.2. The molecule has 0 aliphatic carbocycles. The maximum Gasteiger partial charge on any atom is 0.165 e. The lowest BCUT2D eigenvalue weighted by molar-refractivity contribution is 0.414. The molecule has 8 heteroatoms. The van der Waals surface area contributed by atoms with Crippen LogP contribution in [0.1, 0.15) is 18.4 Å². The molecule has 0 bridgehead atoms. The Bertz CT molecular complexity index is 694. The van der Waals surface area contributed by atoms with Gasteiger partial charge in [0.15, 0.2) is 11.6 Å². The molecule has 1 saturated heterocycles. The number of para-hydroxylation sites is 1. The van der Waals surface area contributed by atoms with Crippen molar-refractivity contribution >= 4 is 11.5 Å². The molecule has 7 nitrogen and oxygen atoms in total. The van der Waals surface area contributed by atoms with Gasteiger partial charge >= 0.3 is 0 Å². The third-order valence-corrected chi connectivity index (χ3v) is 4.11. The van der Waals surface area contributed by atoms with Gasteiger partial charge in [-0.15, -0.1) is 0 Å². The Morgan fingerprint density at radius 1 is 1.36 bits per heavy atom. The van der Waals surface area contributed by atoms with Crippen LogP contribution in [0.15, 0.2) is 35.7 Å². The second kappa shape index (κ2) is 8.39. The van der Waals surface area contributed by atoms with Crippen LogP contribution in [-0.2, 0) is 0 Å². The first-order valence-corrected chi connectivity index (χ1v) is 8.12. The van der Waals surface area contributed by atoms with E-state index >= 15 is 0 Å². The summed E-state index contributed by atoms with van der Waals surface area (Å²) in [5.41, 5.74) is 12.8. The van der Waals surface area contributed by atoms with Gasteiger partial charge in [-0.3, -0.25) is 5.41 Å². The second-order valence-corrected chi connectivity index (χ2v) is 5.85. The highest BCUT2D eigenvalue weighted by atomic mass is 19.1. The summed E-state index contributed by atoms with van der Waals surface area (Å²) in [5, 5.41) is 27.1. The molecule has 136 valence electrons. The molecule has 1 aromatic carbocycles. The number of halogens is 1. The molecule has 2 rings (SSSR count). The Hall–Kier alpha value is -2.74. The monoisotopic (exact) mass is 348 g/mol. The first-order valence-electron chi connectivity index (χ1n) is 8.12. The summed E-state index contributed by atoms with van der Waals surface area (Å²) in [7, 11) is 1.66. The third kappa shape index (κ3) is 4.63. The van der Waals surface area contributed by atoms with Gasteiger partial charge in [0.1, 0.15) is 5.84 Å². The maximum absolute atomic E-state index is 13.7. The number of allylic oxidation sites excluding steroid dienone is 1. The van der Waals surface area contributed by atoms with Crippen molar-refractivity contribution in [1.29, 1.82) is 5.41 Å². The van der Waals surface area contributed by atoms with Gasteiger partial charge in [-0.05, 0) is 44.1 Å². The molecular formula is C17H25FN6O. The number of benzene rings is 1. The Morgan fingerprint density at radius 2 is 2.04 bits per heavy atom. The minimum Gasteiger partial charge on any atom is -0.504 e. The number of rotatable bonds is 6. The minimum absolute atomic E-state index is 0.0992. The van der Waals surface area contributed by atoms with Crippen molar-refractivity contribution in [2.45, 2.75) is 18.9 Å². The van der Waals surface area contributed by atoms with Gasteiger partial charge in [-0.25, -0.2) is 4.39 Å². The molecule has 0 spiro atoms. The number of amidine groups is 1. The molecule has 1 aliphatic rings. The fourth-order valence-corrected chi connectivity index (χ4v) is 2.69. The van der Waals surface area contributed by atoms with Crippen LogP contribution in [0, 0.1) is 11.2 Å². The zero-order valence-corrected chi connectivity index (χ0v) is 14.2. The van der Waals surface area contributed by atoms with Crippen LogP contribution in [0.5, 0.6) is 5.75 Å². The number of nitrogens with two attached hydrogens (primary N) is 2. The van der Waals surface area contributed by atoms with E-state index in [0.717, 1.165) is 25.9 Å². The predicted octanol–water partition coefficient (Wildman–Crippen LogP) is 0.539. The lowest BCUT2D eigenvalue weighted by Gasteiger charge is -2.26. The van der Waals surface area contributed by atoms with Gasteiger partial charge in [0.05, 0.1) is 11.4 Å². The van der Waals surface area contributed by atoms with Gasteiger partial charge in [0.2, 0.25) is 0 Å². The Morgan fingerprint density at radius 3 is 2.64 bits per heavy atom. The van der Waals surface area contributed by atoms with Gasteiger partial charge in [0.25, 0.3) is 0 Å². The van der Waals surface area contributed by atoms with Gasteiger partial charge in [-0.2, -0.15) is 0 Å². The Balaban J connectivity index is 2.41. The fraction of sp³-hybridized carbons (Fsp3) is 0.353. The molecule has 0 atom stereocenters. The quantitative estimate of drug-likeness (QED) is 0.228. The third-order valence-electron chi connectivity index (χ3n) is 4.11. The molecule has 9 N–H and O–H groups in total. The van der Waals surface area contributed by atoms with E-state index in [4.69, 9.17) is 16.9 Å². The van der Waals surface area contributed by atoms with E-state index in [9.17, 15) is 9.50 Å². The topological polar surface area (TPSA) is 132 Å². The molecule has 1 aliphatic heterocycles. The lowest BCUT2D eigenvalue weighted by Crippen LogP contribution is -2.40. The molecule has 0 radical (unpaired) electrons. The molecule has 1 aromatic rings. The highest BCUT2D eigenvalue weighted by Gasteiger charge is 2.17. The summed E-state index contributed by atoms with van der Waals surface area (Å²) >= 11 is 0. The highest BCUT2D eigenvalue weighted by Crippen LogP contribution is 2.27. The van der Waals surface area contributed by atoms with E-state index in [0.29, 0.717) is 17.0 Å². The number of nitrogens with one attached hydrogen (secondary N) is 4. The average molecular weight is 348 g/mol. The van der Waals surface area contributed by atoms with E-state index in [-0.39, 0.29) is 17.6 Å². The van der Waals surface area contributed by atoms with E-state index in [1.165, 1.54) is 12.1 Å². The Labute approximate surface area is 146 Å². The van der Waals surface area contributed by atoms with Crippen molar-refractivity contribution in [1.82, 2.24) is 16.0 Å². The normalized spacial score (nSPS) is 17.0. The van der Waals surface area contributed by atoms with Gasteiger partial charge < -0.3 is 32.5 Å². The van der Waals surface area contributed by atoms with Crippen LogP contribution < -0.4 is 27.4 Å². The summed E-state index contributed by atoms with van der Waals surface area (Å²) in [6.07, 6.45) is 3.44. The number of hydrogen-bond donors (Lipinski definition) is 7. The molecule has 1 heterocycles. The van der Waals surface area contributed by atoms with Gasteiger partial charge in [-0.1, -0.05) is 6.07 Å². The molecule has 0 saturated carbocycles. The average Bonchev–Trinajstić information content (AvgIpc) is 2.61. The van der Waals surface area contributed by atoms with E-state index in [1.54, 1.807) is 19.2 Å². The van der Waals surface area contributed by atoms with Crippen LogP contribution in [0.3, 0.4) is 0 Å². The molecule has 0 unspecified atom stereocenters. The number of aromatic hydroxyl groups is 1. The van der Waals surface area contributed by atoms with E-state index in [2.05, 4.69) is 16.0 Å².